The van der Waals surface area contributed by atoms with Gasteiger partial charge in [-0.3, -0.25) is 0 Å². The van der Waals surface area contributed by atoms with Crippen molar-refractivity contribution in [3.63, 3.8) is 0 Å². The fourth-order valence-electron chi connectivity index (χ4n) is 1.67. The van der Waals surface area contributed by atoms with Gasteiger partial charge >= 0.3 is 12.0 Å². The van der Waals surface area contributed by atoms with Gasteiger partial charge in [-0.15, -0.1) is 5.10 Å². The Morgan fingerprint density at radius 2 is 2.00 bits per heavy atom. The summed E-state index contributed by atoms with van der Waals surface area (Å²) in [6.45, 7) is 0. The molecule has 3 aromatic rings. The summed E-state index contributed by atoms with van der Waals surface area (Å²) in [4.78, 5) is 13.7. The summed E-state index contributed by atoms with van der Waals surface area (Å²) in [6.07, 6.45) is 1.76. The zero-order valence-corrected chi connectivity index (χ0v) is 10.2. The van der Waals surface area contributed by atoms with E-state index in [9.17, 15) is 4.79 Å². The van der Waals surface area contributed by atoms with Crippen LogP contribution >= 0.6 is 0 Å². The monoisotopic (exact) mass is 270 g/mol. The molecule has 1 aromatic carbocycles. The third-order valence-electron chi connectivity index (χ3n) is 2.64. The Hall–Kier alpha value is -3.09. The number of carboxylic acid groups (broad SMARTS) is 1. The number of aromatic nitrogens is 3. The van der Waals surface area contributed by atoms with Gasteiger partial charge in [-0.25, -0.2) is 4.79 Å². The van der Waals surface area contributed by atoms with Gasteiger partial charge in [0.1, 0.15) is 5.69 Å². The number of nitrogens with one attached hydrogen (secondary N) is 2. The highest BCUT2D eigenvalue weighted by atomic mass is 16.4. The van der Waals surface area contributed by atoms with E-state index in [4.69, 9.17) is 9.52 Å². The van der Waals surface area contributed by atoms with Gasteiger partial charge in [0.15, 0.2) is 0 Å². The van der Waals surface area contributed by atoms with Crippen molar-refractivity contribution in [1.29, 1.82) is 0 Å². The van der Waals surface area contributed by atoms with Crippen LogP contribution in [0.4, 0.5) is 11.7 Å². The third kappa shape index (κ3) is 2.37. The van der Waals surface area contributed by atoms with E-state index < -0.39 is 5.97 Å². The highest BCUT2D eigenvalue weighted by molar-refractivity contribution is 5.88. The van der Waals surface area contributed by atoms with Gasteiger partial charge in [-0.05, 0) is 36.4 Å². The number of hydrogen-bond acceptors (Lipinski definition) is 5. The van der Waals surface area contributed by atoms with Crippen LogP contribution < -0.4 is 5.32 Å². The first-order valence-electron chi connectivity index (χ1n) is 5.80. The predicted molar refractivity (Wildman–Crippen MR) is 70.8 cm³/mol. The van der Waals surface area contributed by atoms with E-state index in [0.29, 0.717) is 11.6 Å². The Balaban J connectivity index is 1.76. The van der Waals surface area contributed by atoms with Crippen LogP contribution in [0.15, 0.2) is 47.0 Å². The number of anilines is 2. The van der Waals surface area contributed by atoms with Gasteiger partial charge in [-0.2, -0.15) is 0 Å². The number of rotatable bonds is 4. The summed E-state index contributed by atoms with van der Waals surface area (Å²) in [5.41, 5.74) is 1.61. The van der Waals surface area contributed by atoms with Crippen LogP contribution in [0.5, 0.6) is 0 Å². The Kier molecular flexibility index (Phi) is 2.92. The van der Waals surface area contributed by atoms with Crippen LogP contribution in [0.2, 0.25) is 0 Å². The van der Waals surface area contributed by atoms with E-state index in [1.165, 1.54) is 12.1 Å². The number of aromatic carboxylic acids is 1. The third-order valence-corrected chi connectivity index (χ3v) is 2.64. The molecule has 2 heterocycles. The second-order valence-electron chi connectivity index (χ2n) is 4.00. The largest absolute Gasteiger partial charge is 0.478 e. The van der Waals surface area contributed by atoms with Crippen LogP contribution in [-0.4, -0.2) is 26.3 Å². The van der Waals surface area contributed by atoms with Crippen LogP contribution in [0, 0.1) is 0 Å². The first kappa shape index (κ1) is 12.0. The lowest BCUT2D eigenvalue weighted by Gasteiger charge is -2.01. The lowest BCUT2D eigenvalue weighted by atomic mass is 10.2. The van der Waals surface area contributed by atoms with E-state index in [2.05, 4.69) is 20.5 Å². The van der Waals surface area contributed by atoms with Gasteiger partial charge in [0, 0.05) is 11.9 Å². The summed E-state index contributed by atoms with van der Waals surface area (Å²) in [6, 6.07) is 10.1. The number of nitrogens with zero attached hydrogens (tertiary/aromatic N) is 2. The first-order valence-corrected chi connectivity index (χ1v) is 5.80. The number of H-pyrrole nitrogens is 1. The van der Waals surface area contributed by atoms with E-state index in [-0.39, 0.29) is 11.6 Å². The average Bonchev–Trinajstić information content (AvgIpc) is 3.09. The van der Waals surface area contributed by atoms with Gasteiger partial charge < -0.3 is 19.8 Å². The summed E-state index contributed by atoms with van der Waals surface area (Å²) >= 11 is 0. The molecule has 2 aromatic heterocycles. The van der Waals surface area contributed by atoms with E-state index in [0.717, 1.165) is 5.69 Å². The maximum atomic E-state index is 10.7. The van der Waals surface area contributed by atoms with Crippen molar-refractivity contribution in [2.45, 2.75) is 0 Å². The van der Waals surface area contributed by atoms with Crippen molar-refractivity contribution in [1.82, 2.24) is 15.2 Å². The average molecular weight is 270 g/mol. The predicted octanol–water partition coefficient (Wildman–Crippen LogP) is 2.51. The Bertz CT molecular complexity index is 716. The van der Waals surface area contributed by atoms with Crippen LogP contribution in [0.1, 0.15) is 10.4 Å². The number of hydrogen-bond donors (Lipinski definition) is 3. The zero-order valence-electron chi connectivity index (χ0n) is 10.2. The Labute approximate surface area is 113 Å². The second-order valence-corrected chi connectivity index (χ2v) is 4.00. The fourth-order valence-corrected chi connectivity index (χ4v) is 1.67. The summed E-state index contributed by atoms with van der Waals surface area (Å²) in [5.74, 6) is -0.594. The molecule has 0 saturated heterocycles. The molecule has 20 heavy (non-hydrogen) atoms. The summed E-state index contributed by atoms with van der Waals surface area (Å²) in [5, 5.41) is 19.5. The molecule has 0 aliphatic heterocycles. The fraction of sp³-hybridized carbons (Fsp3) is 0. The molecule has 7 heteroatoms. The van der Waals surface area contributed by atoms with Crippen molar-refractivity contribution in [2.24, 2.45) is 0 Å². The second kappa shape index (κ2) is 4.88. The normalized spacial score (nSPS) is 10.4. The Morgan fingerprint density at radius 1 is 1.20 bits per heavy atom. The molecule has 3 N–H and O–H groups in total. The molecule has 0 aliphatic carbocycles. The molecule has 0 amide bonds. The molecular formula is C13H10N4O3. The number of benzene rings is 1. The number of carbonyl (C=O) groups is 1. The quantitative estimate of drug-likeness (QED) is 0.672. The maximum Gasteiger partial charge on any atom is 0.335 e. The molecule has 0 atom stereocenters. The Morgan fingerprint density at radius 3 is 2.65 bits per heavy atom. The smallest absolute Gasteiger partial charge is 0.335 e. The molecule has 0 unspecified atom stereocenters. The molecule has 0 spiro atoms. The molecule has 0 saturated carbocycles. The van der Waals surface area contributed by atoms with Gasteiger partial charge in [0.05, 0.1) is 5.56 Å². The number of carboxylic acids is 1. The van der Waals surface area contributed by atoms with Gasteiger partial charge in [0.2, 0.25) is 0 Å². The molecular weight excluding hydrogens is 260 g/mol. The minimum atomic E-state index is -0.969. The zero-order chi connectivity index (χ0) is 13.9. The van der Waals surface area contributed by atoms with E-state index >= 15 is 0 Å². The van der Waals surface area contributed by atoms with Crippen LogP contribution in [0.25, 0.3) is 11.6 Å². The minimum absolute atomic E-state index is 0.216. The van der Waals surface area contributed by atoms with E-state index in [1.54, 1.807) is 18.3 Å². The lowest BCUT2D eigenvalue weighted by molar-refractivity contribution is 0.0697. The van der Waals surface area contributed by atoms with Crippen molar-refractivity contribution in [3.8, 4) is 11.6 Å². The minimum Gasteiger partial charge on any atom is -0.478 e. The molecule has 0 bridgehead atoms. The van der Waals surface area contributed by atoms with Gasteiger partial charge in [-0.1, -0.05) is 5.10 Å². The summed E-state index contributed by atoms with van der Waals surface area (Å²) < 4.78 is 5.43. The highest BCUT2D eigenvalue weighted by Gasteiger charge is 2.09. The molecule has 3 rings (SSSR count). The van der Waals surface area contributed by atoms with E-state index in [1.807, 2.05) is 12.1 Å². The highest BCUT2D eigenvalue weighted by Crippen LogP contribution is 2.20. The number of aromatic amines is 1. The molecule has 0 aliphatic rings. The standard InChI is InChI=1S/C13H10N4O3/c18-12(19)8-3-5-9(6-4-8)15-13-17-16-11(20-13)10-2-1-7-14-10/h1-7,14H,(H,15,17)(H,18,19). The van der Waals surface area contributed by atoms with Crippen molar-refractivity contribution in [2.75, 3.05) is 5.32 Å². The van der Waals surface area contributed by atoms with Crippen LogP contribution in [0.3, 0.4) is 0 Å². The molecule has 7 nitrogen and oxygen atoms in total. The van der Waals surface area contributed by atoms with Crippen molar-refractivity contribution in [3.05, 3.63) is 48.2 Å². The topological polar surface area (TPSA) is 104 Å². The first-order chi connectivity index (χ1) is 9.72. The molecule has 0 fully saturated rings. The van der Waals surface area contributed by atoms with Gasteiger partial charge in [0.25, 0.3) is 5.89 Å². The van der Waals surface area contributed by atoms with Crippen LogP contribution in [-0.2, 0) is 0 Å². The summed E-state index contributed by atoms with van der Waals surface area (Å²) in [7, 11) is 0. The molecule has 100 valence electrons. The SMILES string of the molecule is O=C(O)c1ccc(Nc2nnc(-c3ccc[nH]3)o2)cc1. The maximum absolute atomic E-state index is 10.7. The van der Waals surface area contributed by atoms with Crippen molar-refractivity contribution < 1.29 is 14.3 Å². The lowest BCUT2D eigenvalue weighted by Crippen LogP contribution is -1.96. The van der Waals surface area contributed by atoms with Crippen molar-refractivity contribution >= 4 is 17.7 Å². The molecule has 0 radical (unpaired) electrons.